The second-order valence-corrected chi connectivity index (χ2v) is 5.63. The molecule has 0 aromatic heterocycles. The minimum absolute atomic E-state index is 0.145. The van der Waals surface area contributed by atoms with Gasteiger partial charge in [0, 0.05) is 0 Å². The Morgan fingerprint density at radius 3 is 2.21 bits per heavy atom. The third-order valence-electron chi connectivity index (χ3n) is 3.17. The van der Waals surface area contributed by atoms with E-state index in [1.54, 1.807) is 12.1 Å². The molecule has 0 fully saturated rings. The molecule has 0 radical (unpaired) electrons. The highest BCUT2D eigenvalue weighted by Gasteiger charge is 2.17. The van der Waals surface area contributed by atoms with Gasteiger partial charge in [-0.25, -0.2) is 4.39 Å². The van der Waals surface area contributed by atoms with Gasteiger partial charge in [-0.2, -0.15) is 0 Å². The molecule has 2 aromatic rings. The number of benzene rings is 2. The SMILES string of the molecule is Cc1ccccc1C(Cl)CC(Cl)c1ccc(F)cc1. The molecule has 2 atom stereocenters. The molecule has 2 unspecified atom stereocenters. The zero-order valence-electron chi connectivity index (χ0n) is 10.6. The highest BCUT2D eigenvalue weighted by molar-refractivity contribution is 6.23. The predicted molar refractivity (Wildman–Crippen MR) is 79.4 cm³/mol. The maximum absolute atomic E-state index is 12.9. The first-order valence-corrected chi connectivity index (χ1v) is 7.04. The van der Waals surface area contributed by atoms with Gasteiger partial charge in [0.25, 0.3) is 0 Å². The van der Waals surface area contributed by atoms with Gasteiger partial charge in [0.1, 0.15) is 5.82 Å². The van der Waals surface area contributed by atoms with E-state index >= 15 is 0 Å². The lowest BCUT2D eigenvalue weighted by Crippen LogP contribution is -1.99. The number of rotatable bonds is 4. The van der Waals surface area contributed by atoms with Crippen molar-refractivity contribution in [1.29, 1.82) is 0 Å². The quantitative estimate of drug-likeness (QED) is 0.627. The van der Waals surface area contributed by atoms with Crippen LogP contribution in [0, 0.1) is 12.7 Å². The molecule has 0 bridgehead atoms. The number of halogens is 3. The summed E-state index contributed by atoms with van der Waals surface area (Å²) in [7, 11) is 0. The van der Waals surface area contributed by atoms with Gasteiger partial charge < -0.3 is 0 Å². The van der Waals surface area contributed by atoms with Crippen molar-refractivity contribution in [3.8, 4) is 0 Å². The van der Waals surface area contributed by atoms with E-state index in [0.29, 0.717) is 6.42 Å². The van der Waals surface area contributed by atoms with Crippen molar-refractivity contribution < 1.29 is 4.39 Å². The lowest BCUT2D eigenvalue weighted by atomic mass is 10.00. The molecule has 2 aromatic carbocycles. The molecule has 0 saturated carbocycles. The lowest BCUT2D eigenvalue weighted by molar-refractivity contribution is 0.626. The molecule has 0 aliphatic heterocycles. The molecule has 0 aliphatic rings. The van der Waals surface area contributed by atoms with Crippen LogP contribution in [0.15, 0.2) is 48.5 Å². The maximum Gasteiger partial charge on any atom is 0.123 e. The monoisotopic (exact) mass is 296 g/mol. The van der Waals surface area contributed by atoms with Gasteiger partial charge in [-0.3, -0.25) is 0 Å². The molecule has 0 amide bonds. The minimum atomic E-state index is -0.256. The van der Waals surface area contributed by atoms with Gasteiger partial charge in [-0.1, -0.05) is 36.4 Å². The zero-order valence-corrected chi connectivity index (χ0v) is 12.1. The normalized spacial score (nSPS) is 14.1. The Bertz CT molecular complexity index is 537. The van der Waals surface area contributed by atoms with Crippen molar-refractivity contribution >= 4 is 23.2 Å². The van der Waals surface area contributed by atoms with Crippen molar-refractivity contribution in [2.24, 2.45) is 0 Å². The van der Waals surface area contributed by atoms with Crippen molar-refractivity contribution in [1.82, 2.24) is 0 Å². The first-order chi connectivity index (χ1) is 9.08. The first kappa shape index (κ1) is 14.4. The Morgan fingerprint density at radius 2 is 1.58 bits per heavy atom. The molecule has 0 N–H and O–H groups in total. The Balaban J connectivity index is 2.08. The Kier molecular flexibility index (Phi) is 4.84. The Morgan fingerprint density at radius 1 is 0.947 bits per heavy atom. The molecular formula is C16H15Cl2F. The van der Waals surface area contributed by atoms with Crippen LogP contribution < -0.4 is 0 Å². The van der Waals surface area contributed by atoms with E-state index in [9.17, 15) is 4.39 Å². The van der Waals surface area contributed by atoms with E-state index in [-0.39, 0.29) is 16.6 Å². The summed E-state index contributed by atoms with van der Waals surface area (Å²) in [6, 6.07) is 14.2. The molecule has 3 heteroatoms. The Labute approximate surface area is 123 Å². The summed E-state index contributed by atoms with van der Waals surface area (Å²) in [5.41, 5.74) is 3.14. The number of hydrogen-bond acceptors (Lipinski definition) is 0. The van der Waals surface area contributed by atoms with Gasteiger partial charge >= 0.3 is 0 Å². The van der Waals surface area contributed by atoms with Crippen LogP contribution in [0.4, 0.5) is 4.39 Å². The molecule has 0 nitrogen and oxygen atoms in total. The van der Waals surface area contributed by atoms with Crippen LogP contribution in [0.25, 0.3) is 0 Å². The van der Waals surface area contributed by atoms with Crippen LogP contribution in [0.3, 0.4) is 0 Å². The fourth-order valence-electron chi connectivity index (χ4n) is 2.05. The zero-order chi connectivity index (χ0) is 13.8. The van der Waals surface area contributed by atoms with Gasteiger partial charge in [0.2, 0.25) is 0 Å². The van der Waals surface area contributed by atoms with Gasteiger partial charge in [-0.15, -0.1) is 23.2 Å². The van der Waals surface area contributed by atoms with E-state index in [1.165, 1.54) is 12.1 Å². The van der Waals surface area contributed by atoms with E-state index in [4.69, 9.17) is 23.2 Å². The summed E-state index contributed by atoms with van der Waals surface area (Å²) in [6.07, 6.45) is 0.611. The number of aryl methyl sites for hydroxylation is 1. The highest BCUT2D eigenvalue weighted by atomic mass is 35.5. The van der Waals surface area contributed by atoms with Gasteiger partial charge in [-0.05, 0) is 42.2 Å². The van der Waals surface area contributed by atoms with E-state index in [2.05, 4.69) is 0 Å². The third-order valence-corrected chi connectivity index (χ3v) is 4.01. The first-order valence-electron chi connectivity index (χ1n) is 6.17. The van der Waals surface area contributed by atoms with Gasteiger partial charge in [0.15, 0.2) is 0 Å². The summed E-state index contributed by atoms with van der Waals surface area (Å²) in [4.78, 5) is 0. The molecule has 100 valence electrons. The van der Waals surface area contributed by atoms with Crippen LogP contribution in [-0.4, -0.2) is 0 Å². The molecular weight excluding hydrogens is 282 g/mol. The van der Waals surface area contributed by atoms with Crippen LogP contribution in [0.2, 0.25) is 0 Å². The average molecular weight is 297 g/mol. The summed E-state index contributed by atoms with van der Waals surface area (Å²) >= 11 is 12.8. The standard InChI is InChI=1S/C16H15Cl2F/c1-11-4-2-3-5-14(11)16(18)10-15(17)12-6-8-13(19)9-7-12/h2-9,15-16H,10H2,1H3. The van der Waals surface area contributed by atoms with Crippen molar-refractivity contribution in [2.45, 2.75) is 24.1 Å². The molecule has 0 heterocycles. The van der Waals surface area contributed by atoms with Gasteiger partial charge in [0.05, 0.1) is 10.8 Å². The number of alkyl halides is 2. The summed E-state index contributed by atoms with van der Waals surface area (Å²) in [5, 5.41) is -0.364. The minimum Gasteiger partial charge on any atom is -0.207 e. The predicted octanol–water partition coefficient (Wildman–Crippen LogP) is 5.78. The maximum atomic E-state index is 12.9. The van der Waals surface area contributed by atoms with Crippen molar-refractivity contribution in [3.05, 3.63) is 71.0 Å². The number of hydrogen-bond donors (Lipinski definition) is 0. The summed E-state index contributed by atoms with van der Waals surface area (Å²) < 4.78 is 12.9. The molecule has 0 spiro atoms. The topological polar surface area (TPSA) is 0 Å². The second-order valence-electron chi connectivity index (χ2n) is 4.58. The van der Waals surface area contributed by atoms with Crippen LogP contribution in [-0.2, 0) is 0 Å². The van der Waals surface area contributed by atoms with Crippen LogP contribution in [0.5, 0.6) is 0 Å². The van der Waals surface area contributed by atoms with Crippen molar-refractivity contribution in [3.63, 3.8) is 0 Å². The smallest absolute Gasteiger partial charge is 0.123 e. The largest absolute Gasteiger partial charge is 0.207 e. The molecule has 2 rings (SSSR count). The molecule has 0 aliphatic carbocycles. The fourth-order valence-corrected chi connectivity index (χ4v) is 2.89. The van der Waals surface area contributed by atoms with E-state index in [1.807, 2.05) is 31.2 Å². The molecule has 19 heavy (non-hydrogen) atoms. The summed E-state index contributed by atoms with van der Waals surface area (Å²) in [5.74, 6) is -0.256. The van der Waals surface area contributed by atoms with Crippen LogP contribution in [0.1, 0.15) is 33.9 Å². The fraction of sp³-hybridized carbons (Fsp3) is 0.250. The average Bonchev–Trinajstić information content (AvgIpc) is 2.39. The van der Waals surface area contributed by atoms with Crippen molar-refractivity contribution in [2.75, 3.05) is 0 Å². The summed E-state index contributed by atoms with van der Waals surface area (Å²) in [6.45, 7) is 2.03. The van der Waals surface area contributed by atoms with E-state index in [0.717, 1.165) is 16.7 Å². The second kappa shape index (κ2) is 6.40. The van der Waals surface area contributed by atoms with E-state index < -0.39 is 0 Å². The molecule has 0 saturated heterocycles. The Hall–Kier alpha value is -1.05. The third kappa shape index (κ3) is 3.71. The lowest BCUT2D eigenvalue weighted by Gasteiger charge is -2.16. The van der Waals surface area contributed by atoms with Crippen LogP contribution >= 0.6 is 23.2 Å². The highest BCUT2D eigenvalue weighted by Crippen LogP contribution is 2.36.